The molecule has 204 valence electrons. The molecular weight excluding hydrogens is 498 g/mol. The standard InChI is InChI=1S/C26H37N3O7S/c1-3-15-37(33,34)28-24-16-23(9-10-25(24)31)36-18-22(30)17-27-20-11-13-29(14-12-20)21-7-5-19(6-8-21)26(32)35-4-2/h5-10,16,20,22,27-28,30-31H,3-4,11-15,17-18H2,1-2H3/t22-/m0/s1. The summed E-state index contributed by atoms with van der Waals surface area (Å²) < 4.78 is 37.0. The largest absolute Gasteiger partial charge is 0.506 e. The Morgan fingerprint density at radius 2 is 1.84 bits per heavy atom. The van der Waals surface area contributed by atoms with Gasteiger partial charge < -0.3 is 29.9 Å². The molecule has 1 aliphatic heterocycles. The van der Waals surface area contributed by atoms with E-state index in [9.17, 15) is 23.4 Å². The molecule has 1 atom stereocenters. The number of phenolic OH excluding ortho intramolecular Hbond substituents is 1. The number of aromatic hydroxyl groups is 1. The Morgan fingerprint density at radius 3 is 2.49 bits per heavy atom. The fraction of sp³-hybridized carbons (Fsp3) is 0.500. The van der Waals surface area contributed by atoms with Crippen LogP contribution in [0.3, 0.4) is 0 Å². The van der Waals surface area contributed by atoms with Crippen molar-refractivity contribution in [2.45, 2.75) is 45.3 Å². The van der Waals surface area contributed by atoms with E-state index in [0.29, 0.717) is 30.9 Å². The molecule has 0 bridgehead atoms. The van der Waals surface area contributed by atoms with Gasteiger partial charge in [0.15, 0.2) is 0 Å². The third-order valence-electron chi connectivity index (χ3n) is 6.03. The van der Waals surface area contributed by atoms with Gasteiger partial charge in [0.05, 0.1) is 23.6 Å². The molecule has 0 saturated carbocycles. The van der Waals surface area contributed by atoms with E-state index in [-0.39, 0.29) is 35.8 Å². The molecule has 2 aromatic rings. The highest BCUT2D eigenvalue weighted by atomic mass is 32.2. The SMILES string of the molecule is CCCS(=O)(=O)Nc1cc(OC[C@@H](O)CNC2CCN(c3ccc(C(=O)OCC)cc3)CC2)ccc1O. The van der Waals surface area contributed by atoms with Crippen molar-refractivity contribution in [1.29, 1.82) is 0 Å². The molecule has 2 aromatic carbocycles. The molecule has 4 N–H and O–H groups in total. The summed E-state index contributed by atoms with van der Waals surface area (Å²) in [7, 11) is -3.55. The second-order valence-electron chi connectivity index (χ2n) is 9.00. The van der Waals surface area contributed by atoms with Crippen LogP contribution in [0.25, 0.3) is 0 Å². The summed E-state index contributed by atoms with van der Waals surface area (Å²) in [5.74, 6) is -0.228. The van der Waals surface area contributed by atoms with E-state index >= 15 is 0 Å². The molecule has 0 unspecified atom stereocenters. The quantitative estimate of drug-likeness (QED) is 0.225. The number of benzene rings is 2. The maximum atomic E-state index is 12.0. The normalized spacial score (nSPS) is 15.3. The fourth-order valence-electron chi connectivity index (χ4n) is 4.09. The van der Waals surface area contributed by atoms with E-state index in [1.165, 1.54) is 18.2 Å². The maximum absolute atomic E-state index is 12.0. The first kappa shape index (κ1) is 28.5. The summed E-state index contributed by atoms with van der Waals surface area (Å²) in [5.41, 5.74) is 1.64. The van der Waals surface area contributed by atoms with Crippen molar-refractivity contribution in [3.63, 3.8) is 0 Å². The minimum atomic E-state index is -3.55. The third-order valence-corrected chi connectivity index (χ3v) is 7.51. The van der Waals surface area contributed by atoms with Crippen LogP contribution in [0.15, 0.2) is 42.5 Å². The molecule has 0 radical (unpaired) electrons. The van der Waals surface area contributed by atoms with E-state index < -0.39 is 16.1 Å². The van der Waals surface area contributed by atoms with Crippen LogP contribution in [0.5, 0.6) is 11.5 Å². The molecular formula is C26H37N3O7S. The number of sulfonamides is 1. The molecule has 37 heavy (non-hydrogen) atoms. The minimum absolute atomic E-state index is 0.0184. The van der Waals surface area contributed by atoms with Crippen molar-refractivity contribution in [2.75, 3.05) is 48.2 Å². The predicted molar refractivity (Wildman–Crippen MR) is 143 cm³/mol. The lowest BCUT2D eigenvalue weighted by Crippen LogP contribution is -2.45. The van der Waals surface area contributed by atoms with Gasteiger partial charge in [-0.05, 0) is 62.6 Å². The van der Waals surface area contributed by atoms with Crippen LogP contribution in [-0.4, -0.2) is 75.3 Å². The lowest BCUT2D eigenvalue weighted by molar-refractivity contribution is 0.0526. The number of hydrogen-bond acceptors (Lipinski definition) is 9. The monoisotopic (exact) mass is 535 g/mol. The number of carbonyl (C=O) groups is 1. The molecule has 1 saturated heterocycles. The number of phenols is 1. The second-order valence-corrected chi connectivity index (χ2v) is 10.8. The van der Waals surface area contributed by atoms with E-state index in [1.54, 1.807) is 26.0 Å². The zero-order chi connectivity index (χ0) is 26.8. The maximum Gasteiger partial charge on any atom is 0.338 e. The van der Waals surface area contributed by atoms with Gasteiger partial charge in [-0.2, -0.15) is 0 Å². The molecule has 0 amide bonds. The number of aliphatic hydroxyl groups excluding tert-OH is 1. The lowest BCUT2D eigenvalue weighted by Gasteiger charge is -2.34. The number of ether oxygens (including phenoxy) is 2. The fourth-order valence-corrected chi connectivity index (χ4v) is 5.23. The Hall–Kier alpha value is -3.02. The first-order valence-electron chi connectivity index (χ1n) is 12.6. The van der Waals surface area contributed by atoms with Crippen LogP contribution in [-0.2, 0) is 14.8 Å². The molecule has 0 aliphatic carbocycles. The highest BCUT2D eigenvalue weighted by Gasteiger charge is 2.21. The van der Waals surface area contributed by atoms with Gasteiger partial charge in [-0.25, -0.2) is 13.2 Å². The molecule has 1 fully saturated rings. The summed E-state index contributed by atoms with van der Waals surface area (Å²) in [4.78, 5) is 14.1. The summed E-state index contributed by atoms with van der Waals surface area (Å²) >= 11 is 0. The number of carbonyl (C=O) groups excluding carboxylic acids is 1. The van der Waals surface area contributed by atoms with Crippen molar-refractivity contribution in [3.05, 3.63) is 48.0 Å². The number of aliphatic hydroxyl groups is 1. The first-order valence-corrected chi connectivity index (χ1v) is 14.3. The Labute approximate surface area is 218 Å². The van der Waals surface area contributed by atoms with Crippen LogP contribution in [0, 0.1) is 0 Å². The Kier molecular flexibility index (Phi) is 10.4. The first-order chi connectivity index (χ1) is 17.7. The zero-order valence-electron chi connectivity index (χ0n) is 21.4. The van der Waals surface area contributed by atoms with E-state index in [4.69, 9.17) is 9.47 Å². The topological polar surface area (TPSA) is 137 Å². The lowest BCUT2D eigenvalue weighted by atomic mass is 10.0. The molecule has 1 heterocycles. The van der Waals surface area contributed by atoms with Gasteiger partial charge in [0.2, 0.25) is 10.0 Å². The average Bonchev–Trinajstić information content (AvgIpc) is 2.88. The van der Waals surface area contributed by atoms with E-state index in [1.807, 2.05) is 12.1 Å². The minimum Gasteiger partial charge on any atom is -0.506 e. The summed E-state index contributed by atoms with van der Waals surface area (Å²) in [6, 6.07) is 12.0. The van der Waals surface area contributed by atoms with Gasteiger partial charge >= 0.3 is 5.97 Å². The Morgan fingerprint density at radius 1 is 1.14 bits per heavy atom. The van der Waals surface area contributed by atoms with Crippen molar-refractivity contribution in [3.8, 4) is 11.5 Å². The molecule has 3 rings (SSSR count). The van der Waals surface area contributed by atoms with Crippen LogP contribution in [0.4, 0.5) is 11.4 Å². The van der Waals surface area contributed by atoms with Gasteiger partial charge in [0, 0.05) is 37.4 Å². The van der Waals surface area contributed by atoms with Crippen molar-refractivity contribution < 1.29 is 32.9 Å². The number of hydrogen-bond donors (Lipinski definition) is 4. The smallest absolute Gasteiger partial charge is 0.338 e. The van der Waals surface area contributed by atoms with Crippen molar-refractivity contribution >= 4 is 27.4 Å². The summed E-state index contributed by atoms with van der Waals surface area (Å²) in [5, 5.41) is 23.7. The van der Waals surface area contributed by atoms with Gasteiger partial charge in [-0.3, -0.25) is 4.72 Å². The van der Waals surface area contributed by atoms with Gasteiger partial charge in [-0.1, -0.05) is 6.92 Å². The van der Waals surface area contributed by atoms with Gasteiger partial charge in [0.25, 0.3) is 0 Å². The number of rotatable bonds is 13. The van der Waals surface area contributed by atoms with Gasteiger partial charge in [0.1, 0.15) is 24.2 Å². The number of nitrogens with zero attached hydrogens (tertiary/aromatic N) is 1. The summed E-state index contributed by atoms with van der Waals surface area (Å²) in [6.45, 7) is 5.97. The van der Waals surface area contributed by atoms with Crippen molar-refractivity contribution in [2.24, 2.45) is 0 Å². The Bertz CT molecular complexity index is 1120. The van der Waals surface area contributed by atoms with Crippen LogP contribution in [0.1, 0.15) is 43.5 Å². The molecule has 1 aliphatic rings. The number of anilines is 2. The zero-order valence-corrected chi connectivity index (χ0v) is 22.2. The predicted octanol–water partition coefficient (Wildman–Crippen LogP) is 2.72. The van der Waals surface area contributed by atoms with Crippen LogP contribution < -0.4 is 19.7 Å². The van der Waals surface area contributed by atoms with E-state index in [0.717, 1.165) is 31.6 Å². The molecule has 0 spiro atoms. The highest BCUT2D eigenvalue weighted by molar-refractivity contribution is 7.92. The second kappa shape index (κ2) is 13.5. The summed E-state index contributed by atoms with van der Waals surface area (Å²) in [6.07, 6.45) is 1.51. The number of esters is 1. The molecule has 11 heteroatoms. The Balaban J connectivity index is 1.40. The molecule has 0 aromatic heterocycles. The highest BCUT2D eigenvalue weighted by Crippen LogP contribution is 2.29. The van der Waals surface area contributed by atoms with E-state index in [2.05, 4.69) is 14.9 Å². The van der Waals surface area contributed by atoms with Crippen molar-refractivity contribution in [1.82, 2.24) is 5.32 Å². The van der Waals surface area contributed by atoms with Crippen LogP contribution in [0.2, 0.25) is 0 Å². The number of piperidine rings is 1. The molecule has 10 nitrogen and oxygen atoms in total. The van der Waals surface area contributed by atoms with Gasteiger partial charge in [-0.15, -0.1) is 0 Å². The third kappa shape index (κ3) is 8.80. The number of nitrogens with one attached hydrogen (secondary N) is 2. The van der Waals surface area contributed by atoms with Crippen LogP contribution >= 0.6 is 0 Å². The average molecular weight is 536 g/mol.